The summed E-state index contributed by atoms with van der Waals surface area (Å²) in [5, 5.41) is 0. The highest BCUT2D eigenvalue weighted by atomic mass is 16.5. The number of nitrogens with zero attached hydrogens (tertiary/aromatic N) is 1. The van der Waals surface area contributed by atoms with E-state index in [9.17, 15) is 4.79 Å². The number of anilines is 1. The van der Waals surface area contributed by atoms with Crippen LogP contribution in [0.15, 0.2) is 84.5 Å². The minimum Gasteiger partial charge on any atom is -0.456 e. The summed E-state index contributed by atoms with van der Waals surface area (Å²) in [5.74, 6) is 1.41. The van der Waals surface area contributed by atoms with Crippen molar-refractivity contribution in [3.63, 3.8) is 0 Å². The number of aryl methyl sites for hydroxylation is 1. The molecule has 5 rings (SSSR count). The van der Waals surface area contributed by atoms with Crippen LogP contribution in [-0.2, 0) is 20.5 Å². The molecule has 0 saturated carbocycles. The Kier molecular flexibility index (Phi) is 6.92. The summed E-state index contributed by atoms with van der Waals surface area (Å²) in [6.07, 6.45) is 8.94. The smallest absolute Gasteiger partial charge is 0.294 e. The molecule has 0 saturated heterocycles. The summed E-state index contributed by atoms with van der Waals surface area (Å²) < 4.78 is 12.8. The number of rotatable bonds is 8. The average molecular weight is 508 g/mol. The van der Waals surface area contributed by atoms with E-state index in [4.69, 9.17) is 9.47 Å². The highest BCUT2D eigenvalue weighted by Crippen LogP contribution is 2.54. The highest BCUT2D eigenvalue weighted by Gasteiger charge is 2.47. The van der Waals surface area contributed by atoms with Gasteiger partial charge in [-0.25, -0.2) is 0 Å². The second kappa shape index (κ2) is 10.2. The lowest BCUT2D eigenvalue weighted by molar-refractivity contribution is -0.137. The van der Waals surface area contributed by atoms with Gasteiger partial charge in [0.2, 0.25) is 0 Å². The van der Waals surface area contributed by atoms with Gasteiger partial charge in [0.05, 0.1) is 0 Å². The largest absolute Gasteiger partial charge is 0.456 e. The van der Waals surface area contributed by atoms with Crippen LogP contribution < -0.4 is 9.64 Å². The number of carbonyl (C=O) groups excluding carboxylic acids is 1. The maximum Gasteiger partial charge on any atom is 0.294 e. The molecule has 0 aromatic heterocycles. The van der Waals surface area contributed by atoms with Crippen LogP contribution in [0.1, 0.15) is 68.4 Å². The molecule has 4 nitrogen and oxygen atoms in total. The Balaban J connectivity index is 1.78. The molecule has 3 aromatic rings. The maximum absolute atomic E-state index is 12.3. The van der Waals surface area contributed by atoms with Crippen molar-refractivity contribution in [2.45, 2.75) is 58.5 Å². The monoisotopic (exact) mass is 507 g/mol. The molecular formula is C34H37NO3. The summed E-state index contributed by atoms with van der Waals surface area (Å²) in [6, 6.07) is 20.7. The topological polar surface area (TPSA) is 38.8 Å². The van der Waals surface area contributed by atoms with Gasteiger partial charge in [0, 0.05) is 46.9 Å². The molecule has 1 unspecified atom stereocenters. The van der Waals surface area contributed by atoms with Gasteiger partial charge >= 0.3 is 0 Å². The van der Waals surface area contributed by atoms with Crippen LogP contribution in [0.2, 0.25) is 0 Å². The number of allylic oxidation sites excluding steroid dienone is 4. The van der Waals surface area contributed by atoms with E-state index in [1.807, 2.05) is 18.2 Å². The molecule has 1 heterocycles. The summed E-state index contributed by atoms with van der Waals surface area (Å²) in [6.45, 7) is 13.2. The van der Waals surface area contributed by atoms with Crippen LogP contribution in [0.4, 0.5) is 5.69 Å². The molecule has 1 aliphatic heterocycles. The molecule has 0 spiro atoms. The van der Waals surface area contributed by atoms with Gasteiger partial charge in [0.25, 0.3) is 6.47 Å². The van der Waals surface area contributed by atoms with Crippen molar-refractivity contribution in [3.05, 3.63) is 112 Å². The number of benzene rings is 3. The lowest BCUT2D eigenvalue weighted by Gasteiger charge is -2.41. The van der Waals surface area contributed by atoms with Crippen molar-refractivity contribution >= 4 is 12.2 Å². The van der Waals surface area contributed by atoms with Gasteiger partial charge in [-0.2, -0.15) is 0 Å². The van der Waals surface area contributed by atoms with Crippen molar-refractivity contribution in [1.29, 1.82) is 0 Å². The molecule has 0 amide bonds. The minimum atomic E-state index is -1.14. The molecule has 0 bridgehead atoms. The van der Waals surface area contributed by atoms with Crippen LogP contribution in [0.5, 0.6) is 11.5 Å². The van der Waals surface area contributed by atoms with E-state index in [1.165, 1.54) is 5.57 Å². The second-order valence-electron chi connectivity index (χ2n) is 10.6. The molecule has 4 heteroatoms. The van der Waals surface area contributed by atoms with Gasteiger partial charge in [0.15, 0.2) is 5.60 Å². The van der Waals surface area contributed by atoms with Crippen LogP contribution in [0.3, 0.4) is 0 Å². The van der Waals surface area contributed by atoms with E-state index >= 15 is 0 Å². The third-order valence-electron chi connectivity index (χ3n) is 8.24. The highest BCUT2D eigenvalue weighted by molar-refractivity contribution is 5.68. The number of carbonyl (C=O) groups is 1. The van der Waals surface area contributed by atoms with Gasteiger partial charge < -0.3 is 14.4 Å². The summed E-state index contributed by atoms with van der Waals surface area (Å²) >= 11 is 0. The van der Waals surface area contributed by atoms with Gasteiger partial charge in [-0.05, 0) is 74.6 Å². The Bertz CT molecular complexity index is 1410. The third kappa shape index (κ3) is 4.13. The molecule has 38 heavy (non-hydrogen) atoms. The molecule has 0 radical (unpaired) electrons. The zero-order valence-electron chi connectivity index (χ0n) is 23.1. The zero-order valence-corrected chi connectivity index (χ0v) is 23.1. The van der Waals surface area contributed by atoms with Crippen LogP contribution in [0.25, 0.3) is 0 Å². The van der Waals surface area contributed by atoms with E-state index in [0.717, 1.165) is 59.4 Å². The molecular weight excluding hydrogens is 470 g/mol. The number of hydrogen-bond donors (Lipinski definition) is 0. The first kappa shape index (κ1) is 25.8. The number of fused-ring (bicyclic) bond motifs is 2. The predicted molar refractivity (Wildman–Crippen MR) is 154 cm³/mol. The molecule has 1 aliphatic carbocycles. The lowest BCUT2D eigenvalue weighted by atomic mass is 9.71. The van der Waals surface area contributed by atoms with E-state index in [0.29, 0.717) is 18.0 Å². The van der Waals surface area contributed by atoms with E-state index in [-0.39, 0.29) is 5.41 Å². The van der Waals surface area contributed by atoms with Gasteiger partial charge in [0.1, 0.15) is 11.5 Å². The number of hydrogen-bond acceptors (Lipinski definition) is 4. The molecule has 196 valence electrons. The van der Waals surface area contributed by atoms with Crippen molar-refractivity contribution in [2.24, 2.45) is 0 Å². The summed E-state index contributed by atoms with van der Waals surface area (Å²) in [5.41, 5.74) is 5.80. The predicted octanol–water partition coefficient (Wildman–Crippen LogP) is 7.97. The van der Waals surface area contributed by atoms with Crippen LogP contribution in [-0.4, -0.2) is 19.6 Å². The van der Waals surface area contributed by atoms with Crippen LogP contribution in [0, 0.1) is 6.92 Å². The van der Waals surface area contributed by atoms with Crippen molar-refractivity contribution in [2.75, 3.05) is 18.0 Å². The first-order valence-electron chi connectivity index (χ1n) is 13.6. The number of ether oxygens (including phenoxy) is 2. The van der Waals surface area contributed by atoms with Crippen molar-refractivity contribution in [1.82, 2.24) is 0 Å². The van der Waals surface area contributed by atoms with Gasteiger partial charge in [-0.3, -0.25) is 4.79 Å². The minimum absolute atomic E-state index is 0.225. The summed E-state index contributed by atoms with van der Waals surface area (Å²) in [7, 11) is 0. The van der Waals surface area contributed by atoms with E-state index in [2.05, 4.69) is 100 Å². The van der Waals surface area contributed by atoms with Gasteiger partial charge in [-0.1, -0.05) is 62.4 Å². The maximum atomic E-state index is 12.3. The first-order valence-corrected chi connectivity index (χ1v) is 13.6. The fraction of sp³-hybridized carbons (Fsp3) is 0.324. The van der Waals surface area contributed by atoms with Crippen molar-refractivity contribution < 1.29 is 14.3 Å². The molecule has 2 aliphatic rings. The Morgan fingerprint density at radius 2 is 1.74 bits per heavy atom. The standard InChI is InChI=1S/C34H37NO3/c1-6-35(7-2)27-18-19-29-32(22-27)38-31-20-17-26(33(4,5)25-14-9-8-10-15-25)21-30(31)34(29,37-23-36)28-16-12-11-13-24(28)3/h9,11-23H,6-8,10H2,1-5H3. The first-order chi connectivity index (χ1) is 18.4. The van der Waals surface area contributed by atoms with Crippen molar-refractivity contribution in [3.8, 4) is 11.5 Å². The Hall–Kier alpha value is -3.79. The second-order valence-corrected chi connectivity index (χ2v) is 10.6. The molecule has 0 N–H and O–H groups in total. The Morgan fingerprint density at radius 1 is 0.947 bits per heavy atom. The third-order valence-corrected chi connectivity index (χ3v) is 8.24. The van der Waals surface area contributed by atoms with Crippen LogP contribution >= 0.6 is 0 Å². The Labute approximate surface area is 226 Å². The zero-order chi connectivity index (χ0) is 26.9. The average Bonchev–Trinajstić information content (AvgIpc) is 2.94. The quantitative estimate of drug-likeness (QED) is 0.290. The van der Waals surface area contributed by atoms with Gasteiger partial charge in [-0.15, -0.1) is 0 Å². The molecule has 3 aromatic carbocycles. The molecule has 0 fully saturated rings. The van der Waals surface area contributed by atoms with E-state index in [1.54, 1.807) is 0 Å². The molecule has 1 atom stereocenters. The lowest BCUT2D eigenvalue weighted by Crippen LogP contribution is -2.37. The normalized spacial score (nSPS) is 18.1. The summed E-state index contributed by atoms with van der Waals surface area (Å²) in [4.78, 5) is 14.6. The Morgan fingerprint density at radius 3 is 2.42 bits per heavy atom. The fourth-order valence-corrected chi connectivity index (χ4v) is 5.98. The SMILES string of the molecule is CCN(CC)c1ccc2c(c1)Oc1ccc(C(C)(C)C3=CCCC=C3)cc1C2(OC=O)c1ccccc1C. The fourth-order valence-electron chi connectivity index (χ4n) is 5.98. The van der Waals surface area contributed by atoms with E-state index < -0.39 is 5.60 Å².